The number of benzene rings is 2. The van der Waals surface area contributed by atoms with Crippen LogP contribution in [0.3, 0.4) is 0 Å². The van der Waals surface area contributed by atoms with Gasteiger partial charge >= 0.3 is 0 Å². The second kappa shape index (κ2) is 6.17. The zero-order chi connectivity index (χ0) is 16.5. The molecule has 0 fully saturated rings. The van der Waals surface area contributed by atoms with Gasteiger partial charge in [-0.3, -0.25) is 0 Å². The molecule has 0 saturated carbocycles. The Kier molecular flexibility index (Phi) is 3.87. The summed E-state index contributed by atoms with van der Waals surface area (Å²) in [4.78, 5) is 0. The van der Waals surface area contributed by atoms with Crippen molar-refractivity contribution in [3.05, 3.63) is 77.0 Å². The Morgan fingerprint density at radius 3 is 2.46 bits per heavy atom. The lowest BCUT2D eigenvalue weighted by atomic mass is 9.91. The number of hydrogen-bond donors (Lipinski definition) is 0. The van der Waals surface area contributed by atoms with Crippen molar-refractivity contribution in [2.24, 2.45) is 0 Å². The van der Waals surface area contributed by atoms with Crippen molar-refractivity contribution >= 4 is 0 Å². The maximum Gasteiger partial charge on any atom is 0.140 e. The van der Waals surface area contributed by atoms with Crippen LogP contribution in [-0.2, 0) is 11.2 Å². The first-order valence-corrected chi connectivity index (χ1v) is 8.21. The van der Waals surface area contributed by atoms with Gasteiger partial charge in [-0.05, 0) is 31.0 Å². The van der Waals surface area contributed by atoms with E-state index in [0.29, 0.717) is 6.61 Å². The van der Waals surface area contributed by atoms with Gasteiger partial charge in [0.05, 0.1) is 13.7 Å². The van der Waals surface area contributed by atoms with Gasteiger partial charge in [-0.2, -0.15) is 0 Å². The van der Waals surface area contributed by atoms with Crippen LogP contribution >= 0.6 is 0 Å². The molecule has 0 radical (unpaired) electrons. The minimum Gasteiger partial charge on any atom is -0.497 e. The highest BCUT2D eigenvalue weighted by Gasteiger charge is 2.31. The Morgan fingerprint density at radius 1 is 1.00 bits per heavy atom. The zero-order valence-corrected chi connectivity index (χ0v) is 13.9. The summed E-state index contributed by atoms with van der Waals surface area (Å²) in [5.41, 5.74) is 4.65. The third-order valence-electron chi connectivity index (χ3n) is 4.60. The molecule has 2 aromatic carbocycles. The molecule has 3 aromatic rings. The molecule has 0 amide bonds. The Balaban J connectivity index is 1.84. The molecule has 1 atom stereocenters. The predicted octanol–water partition coefficient (Wildman–Crippen LogP) is 4.93. The Bertz CT molecular complexity index is 832. The van der Waals surface area contributed by atoms with E-state index < -0.39 is 0 Å². The van der Waals surface area contributed by atoms with Gasteiger partial charge in [0.1, 0.15) is 23.4 Å². The number of ether oxygens (including phenoxy) is 2. The van der Waals surface area contributed by atoms with E-state index in [0.717, 1.165) is 40.4 Å². The topological polar surface area (TPSA) is 31.6 Å². The van der Waals surface area contributed by atoms with Gasteiger partial charge in [-0.1, -0.05) is 42.5 Å². The smallest absolute Gasteiger partial charge is 0.140 e. The predicted molar refractivity (Wildman–Crippen MR) is 93.4 cm³/mol. The second-order valence-electron chi connectivity index (χ2n) is 6.02. The number of rotatable bonds is 3. The molecule has 0 saturated heterocycles. The lowest BCUT2D eigenvalue weighted by Crippen LogP contribution is -2.17. The maximum atomic E-state index is 6.15. The summed E-state index contributed by atoms with van der Waals surface area (Å²) < 4.78 is 17.5. The first-order valence-electron chi connectivity index (χ1n) is 8.21. The van der Waals surface area contributed by atoms with Crippen LogP contribution in [-0.4, -0.2) is 13.7 Å². The SMILES string of the molecule is COc1ccc(C2OCCc3c(C)oc(-c4ccccc4)c32)cc1. The summed E-state index contributed by atoms with van der Waals surface area (Å²) in [5.74, 6) is 2.76. The number of hydrogen-bond acceptors (Lipinski definition) is 3. The third-order valence-corrected chi connectivity index (χ3v) is 4.60. The third kappa shape index (κ3) is 2.51. The molecule has 1 aliphatic heterocycles. The van der Waals surface area contributed by atoms with Gasteiger partial charge in [0.15, 0.2) is 0 Å². The van der Waals surface area contributed by atoms with E-state index in [1.54, 1.807) is 7.11 Å². The van der Waals surface area contributed by atoms with Crippen molar-refractivity contribution in [1.82, 2.24) is 0 Å². The van der Waals surface area contributed by atoms with Crippen LogP contribution in [0.4, 0.5) is 0 Å². The van der Waals surface area contributed by atoms with Gasteiger partial charge in [-0.15, -0.1) is 0 Å². The summed E-state index contributed by atoms with van der Waals surface area (Å²) in [6, 6.07) is 18.3. The molecular weight excluding hydrogens is 300 g/mol. The van der Waals surface area contributed by atoms with Gasteiger partial charge in [0.25, 0.3) is 0 Å². The molecule has 0 aliphatic carbocycles. The minimum absolute atomic E-state index is 0.104. The number of fused-ring (bicyclic) bond motifs is 1. The maximum absolute atomic E-state index is 6.15. The molecule has 4 rings (SSSR count). The zero-order valence-electron chi connectivity index (χ0n) is 13.9. The fraction of sp³-hybridized carbons (Fsp3) is 0.238. The van der Waals surface area contributed by atoms with Crippen molar-refractivity contribution in [3.8, 4) is 17.1 Å². The monoisotopic (exact) mass is 320 g/mol. The second-order valence-corrected chi connectivity index (χ2v) is 6.02. The van der Waals surface area contributed by atoms with E-state index >= 15 is 0 Å². The summed E-state index contributed by atoms with van der Waals surface area (Å²) in [7, 11) is 1.68. The molecule has 0 spiro atoms. The molecule has 1 aromatic heterocycles. The van der Waals surface area contributed by atoms with Crippen LogP contribution in [0.2, 0.25) is 0 Å². The van der Waals surface area contributed by atoms with E-state index in [4.69, 9.17) is 13.9 Å². The van der Waals surface area contributed by atoms with Crippen LogP contribution in [0, 0.1) is 6.92 Å². The Labute approximate surface area is 141 Å². The minimum atomic E-state index is -0.104. The van der Waals surface area contributed by atoms with Gasteiger partial charge in [0.2, 0.25) is 0 Å². The number of furan rings is 1. The largest absolute Gasteiger partial charge is 0.497 e. The average Bonchev–Trinajstić information content (AvgIpc) is 3.00. The molecule has 122 valence electrons. The lowest BCUT2D eigenvalue weighted by molar-refractivity contribution is 0.0705. The molecule has 1 unspecified atom stereocenters. The number of aryl methyl sites for hydroxylation is 1. The van der Waals surface area contributed by atoms with Crippen molar-refractivity contribution in [2.75, 3.05) is 13.7 Å². The van der Waals surface area contributed by atoms with Gasteiger partial charge < -0.3 is 13.9 Å². The number of methoxy groups -OCH3 is 1. The highest BCUT2D eigenvalue weighted by atomic mass is 16.5. The molecule has 2 heterocycles. The fourth-order valence-corrected chi connectivity index (χ4v) is 3.39. The molecule has 3 nitrogen and oxygen atoms in total. The van der Waals surface area contributed by atoms with E-state index in [1.807, 2.05) is 37.3 Å². The quantitative estimate of drug-likeness (QED) is 0.686. The molecule has 0 bridgehead atoms. The van der Waals surface area contributed by atoms with Crippen LogP contribution in [0.15, 0.2) is 59.0 Å². The van der Waals surface area contributed by atoms with Gasteiger partial charge in [-0.25, -0.2) is 0 Å². The normalized spacial score (nSPS) is 16.7. The van der Waals surface area contributed by atoms with Gasteiger partial charge in [0, 0.05) is 16.7 Å². The Morgan fingerprint density at radius 2 is 1.75 bits per heavy atom. The van der Waals surface area contributed by atoms with Crippen LogP contribution in [0.1, 0.15) is 28.6 Å². The molecule has 24 heavy (non-hydrogen) atoms. The van der Waals surface area contributed by atoms with Crippen LogP contribution in [0.5, 0.6) is 5.75 Å². The van der Waals surface area contributed by atoms with E-state index in [2.05, 4.69) is 24.3 Å². The van der Waals surface area contributed by atoms with Crippen molar-refractivity contribution in [3.63, 3.8) is 0 Å². The first-order chi connectivity index (χ1) is 11.8. The van der Waals surface area contributed by atoms with Crippen molar-refractivity contribution in [1.29, 1.82) is 0 Å². The summed E-state index contributed by atoms with van der Waals surface area (Å²) in [5, 5.41) is 0. The molecule has 1 aliphatic rings. The standard InChI is InChI=1S/C21H20O3/c1-14-18-12-13-23-20(16-8-10-17(22-2)11-9-16)19(18)21(24-14)15-6-4-3-5-7-15/h3-11,20H,12-13H2,1-2H3. The summed E-state index contributed by atoms with van der Waals surface area (Å²) >= 11 is 0. The van der Waals surface area contributed by atoms with Crippen molar-refractivity contribution in [2.45, 2.75) is 19.4 Å². The molecule has 0 N–H and O–H groups in total. The van der Waals surface area contributed by atoms with E-state index in [1.165, 1.54) is 5.56 Å². The van der Waals surface area contributed by atoms with Crippen LogP contribution < -0.4 is 4.74 Å². The van der Waals surface area contributed by atoms with Crippen molar-refractivity contribution < 1.29 is 13.9 Å². The highest BCUT2D eigenvalue weighted by molar-refractivity contribution is 5.66. The fourth-order valence-electron chi connectivity index (χ4n) is 3.39. The highest BCUT2D eigenvalue weighted by Crippen LogP contribution is 2.42. The lowest BCUT2D eigenvalue weighted by Gasteiger charge is -2.25. The summed E-state index contributed by atoms with van der Waals surface area (Å²) in [6.45, 7) is 2.75. The van der Waals surface area contributed by atoms with E-state index in [-0.39, 0.29) is 6.10 Å². The molecule has 3 heteroatoms. The molecular formula is C21H20O3. The van der Waals surface area contributed by atoms with Crippen LogP contribution in [0.25, 0.3) is 11.3 Å². The first kappa shape index (κ1) is 15.0. The summed E-state index contributed by atoms with van der Waals surface area (Å²) in [6.07, 6.45) is 0.789. The van der Waals surface area contributed by atoms with E-state index in [9.17, 15) is 0 Å². The average molecular weight is 320 g/mol. The Hall–Kier alpha value is -2.52.